The van der Waals surface area contributed by atoms with Crippen molar-refractivity contribution in [1.82, 2.24) is 0 Å². The minimum atomic E-state index is -0.0922. The molecule has 5 saturated carbocycles. The number of ether oxygens (including phenoxy) is 1. The van der Waals surface area contributed by atoms with Crippen LogP contribution in [0.15, 0.2) is 12.2 Å². The van der Waals surface area contributed by atoms with Crippen LogP contribution in [0.4, 0.5) is 0 Å². The molecule has 9 unspecified atom stereocenters. The molecule has 5 rings (SSSR count). The summed E-state index contributed by atoms with van der Waals surface area (Å²) in [6, 6.07) is 0. The van der Waals surface area contributed by atoms with E-state index in [0.29, 0.717) is 22.2 Å². The van der Waals surface area contributed by atoms with Crippen molar-refractivity contribution in [2.24, 2.45) is 57.2 Å². The third-order valence-corrected chi connectivity index (χ3v) is 13.2. The van der Waals surface area contributed by atoms with E-state index in [1.807, 2.05) is 0 Å². The van der Waals surface area contributed by atoms with Gasteiger partial charge < -0.3 is 4.74 Å². The maximum absolute atomic E-state index is 11.8. The molecule has 0 aromatic carbocycles. The van der Waals surface area contributed by atoms with E-state index in [2.05, 4.69) is 48.1 Å². The lowest BCUT2D eigenvalue weighted by atomic mass is 9.46. The molecule has 0 amide bonds. The monoisotopic (exact) mass is 468 g/mol. The smallest absolute Gasteiger partial charge is 0.302 e. The highest BCUT2D eigenvalue weighted by atomic mass is 16.5. The molecule has 5 aliphatic carbocycles. The number of hydrogen-bond donors (Lipinski definition) is 0. The molecule has 5 fully saturated rings. The van der Waals surface area contributed by atoms with Gasteiger partial charge >= 0.3 is 5.97 Å². The van der Waals surface area contributed by atoms with Gasteiger partial charge in [0.1, 0.15) is 6.10 Å². The van der Waals surface area contributed by atoms with Gasteiger partial charge in [0.05, 0.1) is 0 Å². The maximum Gasteiger partial charge on any atom is 0.302 e. The number of carbonyl (C=O) groups is 1. The van der Waals surface area contributed by atoms with Crippen molar-refractivity contribution in [2.45, 2.75) is 125 Å². The zero-order chi connectivity index (χ0) is 24.7. The molecule has 0 aliphatic heterocycles. The van der Waals surface area contributed by atoms with Crippen LogP contribution in [-0.2, 0) is 9.53 Å². The summed E-state index contributed by atoms with van der Waals surface area (Å²) in [6.45, 7) is 20.5. The summed E-state index contributed by atoms with van der Waals surface area (Å²) in [6.07, 6.45) is 15.3. The highest BCUT2D eigenvalue weighted by molar-refractivity contribution is 5.66. The van der Waals surface area contributed by atoms with Gasteiger partial charge in [-0.2, -0.15) is 0 Å². The molecule has 0 aromatic rings. The molecule has 0 saturated heterocycles. The van der Waals surface area contributed by atoms with Gasteiger partial charge in [0.25, 0.3) is 0 Å². The average molecular weight is 469 g/mol. The third kappa shape index (κ3) is 3.35. The zero-order valence-electron chi connectivity index (χ0n) is 23.3. The van der Waals surface area contributed by atoms with Gasteiger partial charge in [-0.3, -0.25) is 4.79 Å². The second-order valence-corrected chi connectivity index (χ2v) is 14.8. The lowest BCUT2D eigenvalue weighted by Crippen LogP contribution is -2.55. The van der Waals surface area contributed by atoms with Crippen LogP contribution >= 0.6 is 0 Å². The predicted molar refractivity (Wildman–Crippen MR) is 140 cm³/mol. The van der Waals surface area contributed by atoms with Gasteiger partial charge in [-0.15, -0.1) is 0 Å². The second-order valence-electron chi connectivity index (χ2n) is 14.8. The Morgan fingerprint density at radius 2 is 1.62 bits per heavy atom. The molecule has 2 spiro atoms. The number of carbonyl (C=O) groups excluding carboxylic acids is 1. The quantitative estimate of drug-likeness (QED) is 0.288. The molecule has 2 heteroatoms. The second kappa shape index (κ2) is 8.11. The normalized spacial score (nSPS) is 47.9. The highest BCUT2D eigenvalue weighted by Gasteiger charge is 2.80. The van der Waals surface area contributed by atoms with Crippen molar-refractivity contribution in [3.8, 4) is 0 Å². The Hall–Kier alpha value is -0.790. The summed E-state index contributed by atoms with van der Waals surface area (Å²) in [4.78, 5) is 11.8. The van der Waals surface area contributed by atoms with Crippen molar-refractivity contribution in [2.75, 3.05) is 0 Å². The first-order valence-corrected chi connectivity index (χ1v) is 14.7. The summed E-state index contributed by atoms with van der Waals surface area (Å²) in [5, 5.41) is 0. The summed E-state index contributed by atoms with van der Waals surface area (Å²) >= 11 is 0. The van der Waals surface area contributed by atoms with Gasteiger partial charge in [0, 0.05) is 12.3 Å². The number of fused-ring (bicyclic) bond motifs is 2. The Morgan fingerprint density at radius 1 is 0.912 bits per heavy atom. The molecule has 0 radical (unpaired) electrons. The van der Waals surface area contributed by atoms with Crippen LogP contribution in [-0.4, -0.2) is 12.1 Å². The summed E-state index contributed by atoms with van der Waals surface area (Å²) in [5.74, 6) is 4.96. The Bertz CT molecular complexity index is 842. The maximum atomic E-state index is 11.8. The SMILES string of the molecule is C=C(C)C(C)CCC(C)C1CCC2C3CC[C@H]4C(C)(C)C(OC(C)=O)CCC45CC35CCC12C. The van der Waals surface area contributed by atoms with E-state index in [-0.39, 0.29) is 17.5 Å². The fourth-order valence-electron chi connectivity index (χ4n) is 11.2. The number of hydrogen-bond acceptors (Lipinski definition) is 2. The molecule has 10 atom stereocenters. The van der Waals surface area contributed by atoms with E-state index in [0.717, 1.165) is 36.0 Å². The fourth-order valence-corrected chi connectivity index (χ4v) is 11.2. The lowest BCUT2D eigenvalue weighted by molar-refractivity contribution is -0.173. The first-order chi connectivity index (χ1) is 15.9. The van der Waals surface area contributed by atoms with E-state index in [1.165, 1.54) is 69.8 Å². The first-order valence-electron chi connectivity index (χ1n) is 14.7. The Morgan fingerprint density at radius 3 is 2.29 bits per heavy atom. The van der Waals surface area contributed by atoms with E-state index in [4.69, 9.17) is 4.74 Å². The molecular weight excluding hydrogens is 416 g/mol. The molecule has 5 aliphatic rings. The molecule has 2 nitrogen and oxygen atoms in total. The number of allylic oxidation sites excluding steroid dienone is 1. The van der Waals surface area contributed by atoms with Crippen LogP contribution < -0.4 is 0 Å². The number of esters is 1. The van der Waals surface area contributed by atoms with Gasteiger partial charge in [-0.25, -0.2) is 0 Å². The Kier molecular flexibility index (Phi) is 5.93. The van der Waals surface area contributed by atoms with Gasteiger partial charge in [-0.1, -0.05) is 46.8 Å². The summed E-state index contributed by atoms with van der Waals surface area (Å²) in [7, 11) is 0. The topological polar surface area (TPSA) is 26.3 Å². The van der Waals surface area contributed by atoms with Crippen molar-refractivity contribution >= 4 is 5.97 Å². The number of rotatable bonds is 6. The Labute approximate surface area is 210 Å². The van der Waals surface area contributed by atoms with Crippen LogP contribution in [0, 0.1) is 57.2 Å². The molecular formula is C32H52O2. The van der Waals surface area contributed by atoms with Gasteiger partial charge in [-0.05, 0) is 129 Å². The average Bonchev–Trinajstić information content (AvgIpc) is 3.30. The van der Waals surface area contributed by atoms with Crippen molar-refractivity contribution < 1.29 is 9.53 Å². The van der Waals surface area contributed by atoms with E-state index in [1.54, 1.807) is 6.92 Å². The van der Waals surface area contributed by atoms with Gasteiger partial charge in [0.15, 0.2) is 0 Å². The van der Waals surface area contributed by atoms with Crippen LogP contribution in [0.1, 0.15) is 119 Å². The Balaban J connectivity index is 1.33. The standard InChI is InChI=1S/C32H52O2/c1-20(2)21(3)9-10-22(4)24-11-12-25-26-13-14-27-29(6,7)28(34-23(5)33)15-16-32(27)19-31(26,32)18-17-30(24,25)8/h21-22,24-28H,1,9-19H2,2-8H3/t21?,22?,24?,25?,26?,27-,28?,30?,31?,32?/m0/s1. The minimum absolute atomic E-state index is 0.0922. The van der Waals surface area contributed by atoms with Crippen molar-refractivity contribution in [3.05, 3.63) is 12.2 Å². The van der Waals surface area contributed by atoms with E-state index in [9.17, 15) is 4.79 Å². The molecule has 0 heterocycles. The molecule has 192 valence electrons. The fraction of sp³-hybridized carbons (Fsp3) is 0.906. The van der Waals surface area contributed by atoms with Gasteiger partial charge in [0.2, 0.25) is 0 Å². The molecule has 0 bridgehead atoms. The minimum Gasteiger partial charge on any atom is -0.462 e. The molecule has 34 heavy (non-hydrogen) atoms. The van der Waals surface area contributed by atoms with E-state index < -0.39 is 0 Å². The highest BCUT2D eigenvalue weighted by Crippen LogP contribution is 2.87. The van der Waals surface area contributed by atoms with Crippen molar-refractivity contribution in [3.63, 3.8) is 0 Å². The first kappa shape index (κ1) is 24.9. The van der Waals surface area contributed by atoms with Crippen molar-refractivity contribution in [1.29, 1.82) is 0 Å². The molecule has 0 N–H and O–H groups in total. The van der Waals surface area contributed by atoms with Crippen LogP contribution in [0.2, 0.25) is 0 Å². The predicted octanol–water partition coefficient (Wildman–Crippen LogP) is 8.60. The molecule has 0 aromatic heterocycles. The van der Waals surface area contributed by atoms with E-state index >= 15 is 0 Å². The third-order valence-electron chi connectivity index (χ3n) is 13.2. The summed E-state index contributed by atoms with van der Waals surface area (Å²) in [5.41, 5.74) is 3.20. The lowest BCUT2D eigenvalue weighted by Gasteiger charge is -2.59. The van der Waals surface area contributed by atoms with Crippen LogP contribution in [0.5, 0.6) is 0 Å². The van der Waals surface area contributed by atoms with Crippen LogP contribution in [0.3, 0.4) is 0 Å². The largest absolute Gasteiger partial charge is 0.462 e. The van der Waals surface area contributed by atoms with Crippen LogP contribution in [0.25, 0.3) is 0 Å². The zero-order valence-corrected chi connectivity index (χ0v) is 23.3. The summed E-state index contributed by atoms with van der Waals surface area (Å²) < 4.78 is 5.89.